The summed E-state index contributed by atoms with van der Waals surface area (Å²) in [5.74, 6) is 0. The molecule has 1 aliphatic rings. The third-order valence-corrected chi connectivity index (χ3v) is 5.98. The molecular formula is C18H16FNO5S. The molecule has 0 aliphatic carbocycles. The van der Waals surface area contributed by atoms with Gasteiger partial charge in [-0.05, 0) is 36.8 Å². The van der Waals surface area contributed by atoms with Crippen molar-refractivity contribution >= 4 is 38.8 Å². The van der Waals surface area contributed by atoms with Crippen LogP contribution in [0.4, 0.5) is 9.18 Å². The summed E-state index contributed by atoms with van der Waals surface area (Å²) in [6.45, 7) is 1.82. The molecule has 0 aromatic heterocycles. The van der Waals surface area contributed by atoms with Gasteiger partial charge >= 0.3 is 12.1 Å². The van der Waals surface area contributed by atoms with Crippen LogP contribution in [0.15, 0.2) is 46.2 Å². The number of hydrogen-bond donors (Lipinski definition) is 1. The molecule has 6 nitrogen and oxygen atoms in total. The largest absolute Gasteiger partial charge is 0.444 e. The van der Waals surface area contributed by atoms with Crippen molar-refractivity contribution in [3.05, 3.63) is 46.9 Å². The van der Waals surface area contributed by atoms with Gasteiger partial charge in [0.1, 0.15) is 12.1 Å². The predicted molar refractivity (Wildman–Crippen MR) is 93.8 cm³/mol. The first kappa shape index (κ1) is 18.1. The molecule has 136 valence electrons. The van der Waals surface area contributed by atoms with E-state index in [1.807, 2.05) is 18.2 Å². The third-order valence-electron chi connectivity index (χ3n) is 4.12. The van der Waals surface area contributed by atoms with Gasteiger partial charge in [-0.25, -0.2) is 13.2 Å². The van der Waals surface area contributed by atoms with E-state index in [0.717, 1.165) is 10.8 Å². The second-order valence-electron chi connectivity index (χ2n) is 6.41. The smallest absolute Gasteiger partial charge is 0.408 e. The lowest BCUT2D eigenvalue weighted by Gasteiger charge is -2.19. The average Bonchev–Trinajstić information content (AvgIpc) is 2.83. The maximum absolute atomic E-state index is 12.8. The summed E-state index contributed by atoms with van der Waals surface area (Å²) < 4.78 is 43.0. The number of halogens is 1. The maximum Gasteiger partial charge on any atom is 0.408 e. The molecule has 3 rings (SSSR count). The molecule has 0 unspecified atom stereocenters. The van der Waals surface area contributed by atoms with Crippen LogP contribution in [0, 0.1) is 0 Å². The Balaban J connectivity index is 1.84. The number of rotatable bonds is 4. The van der Waals surface area contributed by atoms with E-state index in [1.165, 1.54) is 26.0 Å². The highest BCUT2D eigenvalue weighted by atomic mass is 32.2. The number of nitrogens with one attached hydrogen (secondary N) is 1. The van der Waals surface area contributed by atoms with Crippen LogP contribution >= 0.6 is 0 Å². The van der Waals surface area contributed by atoms with Crippen LogP contribution in [0.1, 0.15) is 19.4 Å². The molecule has 26 heavy (non-hydrogen) atoms. The minimum absolute atomic E-state index is 0.0802. The van der Waals surface area contributed by atoms with E-state index in [4.69, 9.17) is 4.74 Å². The van der Waals surface area contributed by atoms with E-state index in [9.17, 15) is 22.4 Å². The van der Waals surface area contributed by atoms with Crippen molar-refractivity contribution < 1.29 is 27.1 Å². The van der Waals surface area contributed by atoms with Crippen molar-refractivity contribution in [3.8, 4) is 0 Å². The Morgan fingerprint density at radius 1 is 1.15 bits per heavy atom. The lowest BCUT2D eigenvalue weighted by molar-refractivity contribution is -0.134. The molecule has 0 saturated heterocycles. The molecule has 8 heteroatoms. The predicted octanol–water partition coefficient (Wildman–Crippen LogP) is 2.97. The summed E-state index contributed by atoms with van der Waals surface area (Å²) in [6, 6.07) is 8.83. The van der Waals surface area contributed by atoms with Crippen molar-refractivity contribution in [2.75, 3.05) is 6.61 Å². The van der Waals surface area contributed by atoms with Crippen LogP contribution in [0.5, 0.6) is 0 Å². The monoisotopic (exact) mass is 377 g/mol. The molecule has 0 fully saturated rings. The number of alkyl carbamates (subject to hydrolysis) is 1. The summed E-state index contributed by atoms with van der Waals surface area (Å²) in [4.78, 5) is 22.6. The topological polar surface area (TPSA) is 89.5 Å². The fraction of sp³-hybridized carbons (Fsp3) is 0.222. The van der Waals surface area contributed by atoms with Crippen molar-refractivity contribution in [2.24, 2.45) is 0 Å². The standard InChI is InChI=1S/C18H16FNO5S/c1-18(2,16(19)21)20-17(22)25-10-12-9-14-13-6-4-3-5-11(13)7-8-15(14)26(12,23)24/h3-9H,10H2,1-2H3,(H,20,22). The van der Waals surface area contributed by atoms with E-state index in [-0.39, 0.29) is 9.80 Å². The van der Waals surface area contributed by atoms with E-state index in [0.29, 0.717) is 5.56 Å². The van der Waals surface area contributed by atoms with E-state index < -0.39 is 34.1 Å². The molecule has 2 aromatic carbocycles. The number of sulfone groups is 1. The lowest BCUT2D eigenvalue weighted by atomic mass is 10.0. The van der Waals surface area contributed by atoms with Gasteiger partial charge in [0, 0.05) is 5.56 Å². The molecule has 0 radical (unpaired) electrons. The Bertz CT molecular complexity index is 1060. The Morgan fingerprint density at radius 3 is 2.54 bits per heavy atom. The number of amides is 1. The minimum Gasteiger partial charge on any atom is -0.444 e. The van der Waals surface area contributed by atoms with Gasteiger partial charge in [0.15, 0.2) is 0 Å². The Morgan fingerprint density at radius 2 is 1.85 bits per heavy atom. The van der Waals surface area contributed by atoms with Crippen LogP contribution in [0.25, 0.3) is 16.8 Å². The summed E-state index contributed by atoms with van der Waals surface area (Å²) in [5, 5.41) is 3.71. The Kier molecular flexibility index (Phi) is 4.31. The third kappa shape index (κ3) is 3.08. The highest BCUT2D eigenvalue weighted by Crippen LogP contribution is 2.37. The highest BCUT2D eigenvalue weighted by molar-refractivity contribution is 7.95. The zero-order valence-corrected chi connectivity index (χ0v) is 14.9. The van der Waals surface area contributed by atoms with Crippen LogP contribution in [0.2, 0.25) is 0 Å². The molecule has 2 aromatic rings. The van der Waals surface area contributed by atoms with E-state index in [2.05, 4.69) is 5.32 Å². The zero-order valence-electron chi connectivity index (χ0n) is 14.1. The first-order valence-electron chi connectivity index (χ1n) is 7.75. The molecule has 1 N–H and O–H groups in total. The lowest BCUT2D eigenvalue weighted by Crippen LogP contribution is -2.48. The van der Waals surface area contributed by atoms with Crippen molar-refractivity contribution in [1.29, 1.82) is 0 Å². The molecule has 0 atom stereocenters. The number of ether oxygens (including phenoxy) is 1. The fourth-order valence-corrected chi connectivity index (χ4v) is 4.11. The number of hydrogen-bond acceptors (Lipinski definition) is 5. The van der Waals surface area contributed by atoms with Gasteiger partial charge in [-0.2, -0.15) is 4.39 Å². The average molecular weight is 377 g/mol. The van der Waals surface area contributed by atoms with Crippen LogP contribution in [0.3, 0.4) is 0 Å². The number of carbonyl (C=O) groups excluding carboxylic acids is 2. The zero-order chi connectivity index (χ0) is 19.1. The molecule has 1 amide bonds. The fourth-order valence-electron chi connectivity index (χ4n) is 2.63. The van der Waals surface area contributed by atoms with Gasteiger partial charge in [-0.3, -0.25) is 4.79 Å². The second kappa shape index (κ2) is 6.21. The highest BCUT2D eigenvalue weighted by Gasteiger charge is 2.33. The summed E-state index contributed by atoms with van der Waals surface area (Å²) in [6.07, 6.45) is 0.379. The van der Waals surface area contributed by atoms with E-state index in [1.54, 1.807) is 12.1 Å². The molecule has 1 aliphatic heterocycles. The normalized spacial score (nSPS) is 15.3. The second-order valence-corrected chi connectivity index (χ2v) is 8.38. The van der Waals surface area contributed by atoms with Gasteiger partial charge in [0.25, 0.3) is 0 Å². The van der Waals surface area contributed by atoms with Crippen LogP contribution < -0.4 is 5.32 Å². The molecule has 1 heterocycles. The molecule has 0 spiro atoms. The van der Waals surface area contributed by atoms with Gasteiger partial charge in [-0.1, -0.05) is 30.3 Å². The van der Waals surface area contributed by atoms with E-state index >= 15 is 0 Å². The Labute approximate surface area is 149 Å². The number of fused-ring (bicyclic) bond motifs is 3. The Hall–Kier alpha value is -2.74. The summed E-state index contributed by atoms with van der Waals surface area (Å²) in [5.41, 5.74) is -1.21. The minimum atomic E-state index is -3.78. The molecule has 0 saturated carbocycles. The quantitative estimate of drug-likeness (QED) is 0.828. The van der Waals surface area contributed by atoms with Gasteiger partial charge < -0.3 is 10.1 Å². The van der Waals surface area contributed by atoms with Gasteiger partial charge in [-0.15, -0.1) is 0 Å². The first-order valence-corrected chi connectivity index (χ1v) is 9.23. The van der Waals surface area contributed by atoms with Crippen LogP contribution in [-0.4, -0.2) is 32.7 Å². The SMILES string of the molecule is CC(C)(NC(=O)OCC1=Cc2c(ccc3ccccc23)S1(=O)=O)C(=O)F. The van der Waals surface area contributed by atoms with Gasteiger partial charge in [0.05, 0.1) is 9.80 Å². The van der Waals surface area contributed by atoms with Gasteiger partial charge in [0.2, 0.25) is 9.84 Å². The molecular weight excluding hydrogens is 361 g/mol. The summed E-state index contributed by atoms with van der Waals surface area (Å²) in [7, 11) is -3.78. The first-order chi connectivity index (χ1) is 12.1. The maximum atomic E-state index is 12.8. The molecule has 0 bridgehead atoms. The number of carbonyl (C=O) groups is 2. The van der Waals surface area contributed by atoms with Crippen molar-refractivity contribution in [1.82, 2.24) is 5.32 Å². The van der Waals surface area contributed by atoms with Crippen molar-refractivity contribution in [2.45, 2.75) is 24.3 Å². The van der Waals surface area contributed by atoms with Crippen molar-refractivity contribution in [3.63, 3.8) is 0 Å². The van der Waals surface area contributed by atoms with Crippen LogP contribution in [-0.2, 0) is 19.4 Å². The number of benzene rings is 2. The summed E-state index contributed by atoms with van der Waals surface area (Å²) >= 11 is 0.